The van der Waals surface area contributed by atoms with E-state index < -0.39 is 5.97 Å². The van der Waals surface area contributed by atoms with Crippen molar-refractivity contribution in [1.29, 1.82) is 0 Å². The summed E-state index contributed by atoms with van der Waals surface area (Å²) in [5, 5.41) is 7.24. The third kappa shape index (κ3) is 3.22. The van der Waals surface area contributed by atoms with Gasteiger partial charge in [0, 0.05) is 6.54 Å². The normalized spacial score (nSPS) is 15.0. The Morgan fingerprint density at radius 3 is 2.90 bits per heavy atom. The minimum Gasteiger partial charge on any atom is -0.489 e. The van der Waals surface area contributed by atoms with Crippen LogP contribution in [-0.2, 0) is 11.3 Å². The number of nitrogens with one attached hydrogen (secondary N) is 1. The van der Waals surface area contributed by atoms with E-state index in [2.05, 4.69) is 22.0 Å². The number of carbonyl (C=O) groups is 2. The van der Waals surface area contributed by atoms with Gasteiger partial charge in [-0.05, 0) is 38.5 Å². The Kier molecular flexibility index (Phi) is 5.03. The van der Waals surface area contributed by atoms with Crippen molar-refractivity contribution in [2.24, 2.45) is 0 Å². The van der Waals surface area contributed by atoms with Crippen LogP contribution in [0.2, 0.25) is 0 Å². The van der Waals surface area contributed by atoms with E-state index in [0.717, 1.165) is 11.2 Å². The number of benzene rings is 1. The van der Waals surface area contributed by atoms with Crippen molar-refractivity contribution in [2.75, 3.05) is 19.0 Å². The monoisotopic (exact) mass is 409 g/mol. The van der Waals surface area contributed by atoms with E-state index in [4.69, 9.17) is 9.47 Å². The van der Waals surface area contributed by atoms with Gasteiger partial charge in [-0.25, -0.2) is 9.78 Å². The number of methoxy groups -OCH3 is 1. The molecule has 0 saturated heterocycles. The van der Waals surface area contributed by atoms with Crippen molar-refractivity contribution < 1.29 is 19.1 Å². The Morgan fingerprint density at radius 1 is 1.40 bits per heavy atom. The lowest BCUT2D eigenvalue weighted by atomic mass is 10.1. The molecular formula is C21H23N5O4. The molecule has 1 aliphatic heterocycles. The number of ether oxygens (including phenoxy) is 2. The average molecular weight is 409 g/mol. The smallest absolute Gasteiger partial charge is 0.338 e. The standard InChI is InChI=1S/C21H23N5O4/c1-5-7-14-11-30-17-10-13(20(28)29-4)9-15-18(17)26(14)21(22-15)23-19(27)16-8-12(3)24-25(16)6-2/h5,8-10,14H,1,6-7,11H2,2-4H3,(H,22,23,27)/t14-/m1/s1. The highest BCUT2D eigenvalue weighted by atomic mass is 16.5. The topological polar surface area (TPSA) is 100 Å². The van der Waals surface area contributed by atoms with Gasteiger partial charge in [0.15, 0.2) is 0 Å². The first kappa shape index (κ1) is 19.7. The number of nitrogens with zero attached hydrogens (tertiary/aromatic N) is 4. The minimum atomic E-state index is -0.479. The molecule has 2 aromatic heterocycles. The fourth-order valence-electron chi connectivity index (χ4n) is 3.75. The minimum absolute atomic E-state index is 0.0860. The number of amides is 1. The lowest BCUT2D eigenvalue weighted by molar-refractivity contribution is 0.0600. The molecule has 1 aromatic carbocycles. The van der Waals surface area contributed by atoms with Gasteiger partial charge < -0.3 is 9.47 Å². The Hall–Kier alpha value is -3.62. The largest absolute Gasteiger partial charge is 0.489 e. The molecule has 9 nitrogen and oxygen atoms in total. The second kappa shape index (κ2) is 7.66. The fourth-order valence-corrected chi connectivity index (χ4v) is 3.75. The number of carbonyl (C=O) groups excluding carboxylic acids is 2. The number of rotatable bonds is 6. The summed E-state index contributed by atoms with van der Waals surface area (Å²) in [4.78, 5) is 29.6. The highest BCUT2D eigenvalue weighted by Crippen LogP contribution is 2.38. The van der Waals surface area contributed by atoms with Crippen molar-refractivity contribution in [3.63, 3.8) is 0 Å². The molecule has 0 spiro atoms. The second-order valence-electron chi connectivity index (χ2n) is 7.07. The molecule has 0 fully saturated rings. The van der Waals surface area contributed by atoms with Crippen LogP contribution in [0.25, 0.3) is 11.0 Å². The van der Waals surface area contributed by atoms with E-state index in [9.17, 15) is 9.59 Å². The van der Waals surface area contributed by atoms with Crippen molar-refractivity contribution >= 4 is 28.9 Å². The number of allylic oxidation sites excluding steroid dienone is 1. The number of hydrogen-bond donors (Lipinski definition) is 1. The lowest BCUT2D eigenvalue weighted by Gasteiger charge is -2.26. The molecule has 0 unspecified atom stereocenters. The quantitative estimate of drug-likeness (QED) is 0.496. The molecule has 0 saturated carbocycles. The van der Waals surface area contributed by atoms with Crippen molar-refractivity contribution in [2.45, 2.75) is 32.9 Å². The van der Waals surface area contributed by atoms with Crippen LogP contribution in [0.5, 0.6) is 5.75 Å². The van der Waals surface area contributed by atoms with E-state index in [1.807, 2.05) is 18.4 Å². The maximum absolute atomic E-state index is 13.0. The molecule has 1 N–H and O–H groups in total. The van der Waals surface area contributed by atoms with Crippen LogP contribution in [0.15, 0.2) is 30.9 Å². The summed E-state index contributed by atoms with van der Waals surface area (Å²) in [7, 11) is 1.32. The fraction of sp³-hybridized carbons (Fsp3) is 0.333. The number of esters is 1. The third-order valence-electron chi connectivity index (χ3n) is 5.07. The Balaban J connectivity index is 1.82. The zero-order chi connectivity index (χ0) is 21.4. The molecule has 156 valence electrons. The molecule has 0 bridgehead atoms. The van der Waals surface area contributed by atoms with E-state index in [1.54, 1.807) is 29.0 Å². The zero-order valence-electron chi connectivity index (χ0n) is 17.1. The summed E-state index contributed by atoms with van der Waals surface area (Å²) in [5.74, 6) is 0.126. The highest BCUT2D eigenvalue weighted by molar-refractivity contribution is 6.04. The molecule has 1 amide bonds. The van der Waals surface area contributed by atoms with Crippen molar-refractivity contribution in [3.8, 4) is 5.75 Å². The number of anilines is 1. The van der Waals surface area contributed by atoms with Gasteiger partial charge in [-0.2, -0.15) is 5.10 Å². The molecule has 3 aromatic rings. The van der Waals surface area contributed by atoms with Gasteiger partial charge in [0.25, 0.3) is 5.91 Å². The molecular weight excluding hydrogens is 386 g/mol. The maximum atomic E-state index is 13.0. The van der Waals surface area contributed by atoms with Crippen molar-refractivity contribution in [1.82, 2.24) is 19.3 Å². The molecule has 4 rings (SSSR count). The maximum Gasteiger partial charge on any atom is 0.338 e. The zero-order valence-corrected chi connectivity index (χ0v) is 17.1. The van der Waals surface area contributed by atoms with Gasteiger partial charge in [-0.15, -0.1) is 6.58 Å². The summed E-state index contributed by atoms with van der Waals surface area (Å²) in [6.45, 7) is 8.53. The van der Waals surface area contributed by atoms with E-state index in [0.29, 0.717) is 48.0 Å². The van der Waals surface area contributed by atoms with Gasteiger partial charge in [0.05, 0.1) is 29.9 Å². The predicted molar refractivity (Wildman–Crippen MR) is 111 cm³/mol. The molecule has 9 heteroatoms. The number of imidazole rings is 1. The van der Waals surface area contributed by atoms with Crippen molar-refractivity contribution in [3.05, 3.63) is 47.8 Å². The molecule has 0 radical (unpaired) electrons. The van der Waals surface area contributed by atoms with Crippen LogP contribution >= 0.6 is 0 Å². The van der Waals surface area contributed by atoms with E-state index >= 15 is 0 Å². The Morgan fingerprint density at radius 2 is 2.20 bits per heavy atom. The summed E-state index contributed by atoms with van der Waals surface area (Å²) in [6, 6.07) is 4.93. The first-order chi connectivity index (χ1) is 14.5. The Bertz CT molecular complexity index is 1160. The SMILES string of the molecule is C=CC[C@@H]1COc2cc(C(=O)OC)cc3nc(NC(=O)c4cc(C)nn4CC)n1c23. The molecule has 30 heavy (non-hydrogen) atoms. The molecule has 0 aliphatic carbocycles. The third-order valence-corrected chi connectivity index (χ3v) is 5.07. The van der Waals surface area contributed by atoms with Crippen LogP contribution in [0.4, 0.5) is 5.95 Å². The van der Waals surface area contributed by atoms with Crippen LogP contribution < -0.4 is 10.1 Å². The number of hydrogen-bond acceptors (Lipinski definition) is 6. The summed E-state index contributed by atoms with van der Waals surface area (Å²) in [6.07, 6.45) is 2.44. The van der Waals surface area contributed by atoms with E-state index in [-0.39, 0.29) is 11.9 Å². The Labute approximate surface area is 173 Å². The highest BCUT2D eigenvalue weighted by Gasteiger charge is 2.29. The van der Waals surface area contributed by atoms with Gasteiger partial charge in [0.1, 0.15) is 23.6 Å². The lowest BCUT2D eigenvalue weighted by Crippen LogP contribution is -2.25. The van der Waals surface area contributed by atoms with Crippen LogP contribution in [0.1, 0.15) is 45.9 Å². The first-order valence-corrected chi connectivity index (χ1v) is 9.70. The van der Waals surface area contributed by atoms with E-state index in [1.165, 1.54) is 7.11 Å². The van der Waals surface area contributed by atoms with Crippen LogP contribution in [0, 0.1) is 6.92 Å². The predicted octanol–water partition coefficient (Wildman–Crippen LogP) is 3.11. The van der Waals surface area contributed by atoms with Crippen LogP contribution in [-0.4, -0.2) is 44.9 Å². The number of aromatic nitrogens is 4. The summed E-state index contributed by atoms with van der Waals surface area (Å²) >= 11 is 0. The van der Waals surface area contributed by atoms with Gasteiger partial charge in [0.2, 0.25) is 5.95 Å². The number of aryl methyl sites for hydroxylation is 2. The summed E-state index contributed by atoms with van der Waals surface area (Å²) in [5.41, 5.74) is 2.81. The first-order valence-electron chi connectivity index (χ1n) is 9.70. The molecule has 1 aliphatic rings. The van der Waals surface area contributed by atoms with Gasteiger partial charge in [-0.1, -0.05) is 6.08 Å². The summed E-state index contributed by atoms with van der Waals surface area (Å²) < 4.78 is 14.3. The molecule has 3 heterocycles. The van der Waals surface area contributed by atoms with Gasteiger partial charge in [-0.3, -0.25) is 19.4 Å². The van der Waals surface area contributed by atoms with Crippen LogP contribution in [0.3, 0.4) is 0 Å². The average Bonchev–Trinajstić information content (AvgIpc) is 3.30. The molecule has 1 atom stereocenters. The second-order valence-corrected chi connectivity index (χ2v) is 7.07. The van der Waals surface area contributed by atoms with Gasteiger partial charge >= 0.3 is 5.97 Å².